The molecule has 1 N–H and O–H groups in total. The molecule has 2 aromatic rings. The fourth-order valence-corrected chi connectivity index (χ4v) is 3.15. The van der Waals surface area contributed by atoms with Crippen LogP contribution in [0.15, 0.2) is 59.5 Å². The van der Waals surface area contributed by atoms with E-state index in [1.807, 2.05) is 6.07 Å². The topological polar surface area (TPSA) is 98.5 Å². The number of amides is 1. The number of sulfone groups is 1. The molecule has 112 valence electrons. The van der Waals surface area contributed by atoms with Gasteiger partial charge in [-0.3, -0.25) is 4.90 Å². The number of nitriles is 1. The smallest absolute Gasteiger partial charge is 0.412 e. The summed E-state index contributed by atoms with van der Waals surface area (Å²) in [6.07, 6.45) is -1.38. The maximum Gasteiger partial charge on any atom is 0.412 e. The summed E-state index contributed by atoms with van der Waals surface area (Å²) in [4.78, 5) is 12.1. The van der Waals surface area contributed by atoms with Gasteiger partial charge >= 0.3 is 6.09 Å². The Hall–Kier alpha value is -2.85. The van der Waals surface area contributed by atoms with E-state index in [-0.39, 0.29) is 10.6 Å². The SMILES string of the molecule is N#Cc1ccc(N(CS(=O)(=O)c2ccccc2)C(=O)O)cc1. The van der Waals surface area contributed by atoms with E-state index >= 15 is 0 Å². The van der Waals surface area contributed by atoms with Crippen LogP contribution in [-0.2, 0) is 9.84 Å². The van der Waals surface area contributed by atoms with Gasteiger partial charge in [0.1, 0.15) is 5.88 Å². The molecule has 0 aliphatic rings. The molecule has 0 heterocycles. The molecule has 0 atom stereocenters. The van der Waals surface area contributed by atoms with E-state index in [1.54, 1.807) is 18.2 Å². The van der Waals surface area contributed by atoms with Gasteiger partial charge in [0.15, 0.2) is 9.84 Å². The Balaban J connectivity index is 2.33. The minimum Gasteiger partial charge on any atom is -0.465 e. The summed E-state index contributed by atoms with van der Waals surface area (Å²) < 4.78 is 24.6. The van der Waals surface area contributed by atoms with Crippen molar-refractivity contribution in [1.29, 1.82) is 5.26 Å². The van der Waals surface area contributed by atoms with Crippen molar-refractivity contribution in [2.45, 2.75) is 4.90 Å². The molecule has 0 aliphatic carbocycles. The zero-order valence-electron chi connectivity index (χ0n) is 11.4. The summed E-state index contributed by atoms with van der Waals surface area (Å²) in [6, 6.07) is 15.2. The molecule has 0 spiro atoms. The standard InChI is InChI=1S/C15H12N2O4S/c16-10-12-6-8-13(9-7-12)17(15(18)19)11-22(20,21)14-4-2-1-3-5-14/h1-9H,11H2,(H,18,19). The minimum atomic E-state index is -3.79. The first kappa shape index (κ1) is 15.5. The van der Waals surface area contributed by atoms with Gasteiger partial charge < -0.3 is 5.11 Å². The lowest BCUT2D eigenvalue weighted by Crippen LogP contribution is -2.34. The summed E-state index contributed by atoms with van der Waals surface area (Å²) in [5, 5.41) is 18.0. The predicted molar refractivity (Wildman–Crippen MR) is 80.2 cm³/mol. The largest absolute Gasteiger partial charge is 0.465 e. The van der Waals surface area contributed by atoms with E-state index in [0.29, 0.717) is 5.56 Å². The van der Waals surface area contributed by atoms with Crippen molar-refractivity contribution in [2.75, 3.05) is 10.8 Å². The molecule has 0 saturated carbocycles. The Morgan fingerprint density at radius 3 is 2.18 bits per heavy atom. The predicted octanol–water partition coefficient (Wildman–Crippen LogP) is 2.47. The monoisotopic (exact) mass is 316 g/mol. The molecule has 6 nitrogen and oxygen atoms in total. The van der Waals surface area contributed by atoms with Gasteiger partial charge in [-0.15, -0.1) is 0 Å². The van der Waals surface area contributed by atoms with Crippen LogP contribution >= 0.6 is 0 Å². The molecule has 0 aliphatic heterocycles. The third-order valence-corrected chi connectivity index (χ3v) is 4.53. The number of carboxylic acid groups (broad SMARTS) is 1. The van der Waals surface area contributed by atoms with Crippen LogP contribution in [0.3, 0.4) is 0 Å². The van der Waals surface area contributed by atoms with Gasteiger partial charge in [0.25, 0.3) is 0 Å². The van der Waals surface area contributed by atoms with E-state index in [4.69, 9.17) is 5.26 Å². The van der Waals surface area contributed by atoms with Crippen LogP contribution in [0.4, 0.5) is 10.5 Å². The number of rotatable bonds is 4. The van der Waals surface area contributed by atoms with E-state index in [9.17, 15) is 18.3 Å². The second-order valence-electron chi connectivity index (χ2n) is 4.43. The van der Waals surface area contributed by atoms with Crippen molar-refractivity contribution < 1.29 is 18.3 Å². The number of hydrogen-bond acceptors (Lipinski definition) is 4. The average molecular weight is 316 g/mol. The average Bonchev–Trinajstić information content (AvgIpc) is 2.53. The molecule has 0 fully saturated rings. The summed E-state index contributed by atoms with van der Waals surface area (Å²) in [6.45, 7) is 0. The zero-order chi connectivity index (χ0) is 16.2. The van der Waals surface area contributed by atoms with Crippen LogP contribution < -0.4 is 4.90 Å². The second kappa shape index (κ2) is 6.28. The molecule has 0 bridgehead atoms. The summed E-state index contributed by atoms with van der Waals surface area (Å²) in [5.41, 5.74) is 0.547. The number of nitrogens with zero attached hydrogens (tertiary/aromatic N) is 2. The molecule has 0 aromatic heterocycles. The highest BCUT2D eigenvalue weighted by Crippen LogP contribution is 2.19. The van der Waals surface area contributed by atoms with Crippen LogP contribution in [0.5, 0.6) is 0 Å². The van der Waals surface area contributed by atoms with E-state index in [2.05, 4.69) is 0 Å². The molecule has 22 heavy (non-hydrogen) atoms. The second-order valence-corrected chi connectivity index (χ2v) is 6.39. The van der Waals surface area contributed by atoms with Crippen LogP contribution in [0, 0.1) is 11.3 Å². The van der Waals surface area contributed by atoms with E-state index in [0.717, 1.165) is 4.90 Å². The fourth-order valence-electron chi connectivity index (χ4n) is 1.83. The maximum atomic E-state index is 12.3. The molecular formula is C15H12N2O4S. The van der Waals surface area contributed by atoms with E-state index < -0.39 is 21.8 Å². The first-order valence-electron chi connectivity index (χ1n) is 6.22. The minimum absolute atomic E-state index is 0.0508. The molecule has 2 rings (SSSR count). The first-order valence-corrected chi connectivity index (χ1v) is 7.88. The highest BCUT2D eigenvalue weighted by Gasteiger charge is 2.24. The Kier molecular flexibility index (Phi) is 4.44. The molecule has 2 aromatic carbocycles. The number of anilines is 1. The van der Waals surface area contributed by atoms with Crippen molar-refractivity contribution in [2.24, 2.45) is 0 Å². The van der Waals surface area contributed by atoms with Gasteiger partial charge in [0.05, 0.1) is 16.5 Å². The fraction of sp³-hybridized carbons (Fsp3) is 0.0667. The van der Waals surface area contributed by atoms with Gasteiger partial charge in [-0.05, 0) is 36.4 Å². The lowest BCUT2D eigenvalue weighted by atomic mass is 10.2. The van der Waals surface area contributed by atoms with Gasteiger partial charge in [-0.25, -0.2) is 13.2 Å². The molecule has 0 unspecified atom stereocenters. The van der Waals surface area contributed by atoms with Gasteiger partial charge in [-0.2, -0.15) is 5.26 Å². The summed E-state index contributed by atoms with van der Waals surface area (Å²) in [5.74, 6) is -0.696. The third-order valence-electron chi connectivity index (χ3n) is 2.94. The van der Waals surface area contributed by atoms with Gasteiger partial charge in [0.2, 0.25) is 0 Å². The van der Waals surface area contributed by atoms with Gasteiger partial charge in [-0.1, -0.05) is 18.2 Å². The quantitative estimate of drug-likeness (QED) is 0.934. The van der Waals surface area contributed by atoms with Crippen molar-refractivity contribution >= 4 is 21.6 Å². The highest BCUT2D eigenvalue weighted by atomic mass is 32.2. The first-order chi connectivity index (χ1) is 10.4. The van der Waals surface area contributed by atoms with Crippen molar-refractivity contribution in [3.05, 3.63) is 60.2 Å². The lowest BCUT2D eigenvalue weighted by molar-refractivity contribution is 0.203. The maximum absolute atomic E-state index is 12.3. The van der Waals surface area contributed by atoms with Crippen LogP contribution in [-0.4, -0.2) is 25.5 Å². The van der Waals surface area contributed by atoms with Gasteiger partial charge in [0, 0.05) is 5.69 Å². The zero-order valence-corrected chi connectivity index (χ0v) is 12.2. The molecular weight excluding hydrogens is 304 g/mol. The Labute approximate surface area is 127 Å². The number of benzene rings is 2. The molecule has 7 heteroatoms. The molecule has 1 amide bonds. The van der Waals surface area contributed by atoms with Crippen molar-refractivity contribution in [3.63, 3.8) is 0 Å². The molecule has 0 radical (unpaired) electrons. The summed E-state index contributed by atoms with van der Waals surface area (Å²) in [7, 11) is -3.79. The van der Waals surface area contributed by atoms with Crippen LogP contribution in [0.25, 0.3) is 0 Å². The van der Waals surface area contributed by atoms with E-state index in [1.165, 1.54) is 36.4 Å². The van der Waals surface area contributed by atoms with Crippen molar-refractivity contribution in [1.82, 2.24) is 0 Å². The van der Waals surface area contributed by atoms with Crippen molar-refractivity contribution in [3.8, 4) is 6.07 Å². The Morgan fingerprint density at radius 1 is 1.09 bits per heavy atom. The Bertz CT molecular complexity index is 809. The third kappa shape index (κ3) is 3.42. The van der Waals surface area contributed by atoms with Crippen LogP contribution in [0.2, 0.25) is 0 Å². The summed E-state index contributed by atoms with van der Waals surface area (Å²) >= 11 is 0. The number of carbonyl (C=O) groups is 1. The van der Waals surface area contributed by atoms with Crippen LogP contribution in [0.1, 0.15) is 5.56 Å². The number of hydrogen-bond donors (Lipinski definition) is 1. The normalized spacial score (nSPS) is 10.7. The Morgan fingerprint density at radius 2 is 1.68 bits per heavy atom. The highest BCUT2D eigenvalue weighted by molar-refractivity contribution is 7.91. The lowest BCUT2D eigenvalue weighted by Gasteiger charge is -2.19. The molecule has 0 saturated heterocycles.